The molecule has 0 atom stereocenters. The highest BCUT2D eigenvalue weighted by molar-refractivity contribution is 5.84. The fourth-order valence-corrected chi connectivity index (χ4v) is 5.41. The van der Waals surface area contributed by atoms with Crippen molar-refractivity contribution in [3.8, 4) is 0 Å². The van der Waals surface area contributed by atoms with Gasteiger partial charge in [0.1, 0.15) is 23.0 Å². The van der Waals surface area contributed by atoms with Gasteiger partial charge in [-0.05, 0) is 104 Å². The van der Waals surface area contributed by atoms with Crippen LogP contribution in [0.25, 0.3) is 10.8 Å². The highest BCUT2D eigenvalue weighted by Crippen LogP contribution is 2.39. The molecule has 0 aliphatic heterocycles. The van der Waals surface area contributed by atoms with Crippen LogP contribution < -0.4 is 0 Å². The van der Waals surface area contributed by atoms with Crippen LogP contribution >= 0.6 is 0 Å². The first-order valence-corrected chi connectivity index (χ1v) is 12.5. The zero-order chi connectivity index (χ0) is 25.9. The van der Waals surface area contributed by atoms with Crippen LogP contribution in [0.1, 0.15) is 73.6 Å². The number of alkyl halides is 3. The Balaban J connectivity index is 1.44. The molecular formula is C30H30F6. The number of fused-ring (bicyclic) bond motifs is 1. The summed E-state index contributed by atoms with van der Waals surface area (Å²) < 4.78 is 81.3. The molecule has 0 spiro atoms. The van der Waals surface area contributed by atoms with Gasteiger partial charge in [-0.25, -0.2) is 13.2 Å². The first-order chi connectivity index (χ1) is 17.2. The number of aryl methyl sites for hydroxylation is 2. The summed E-state index contributed by atoms with van der Waals surface area (Å²) in [7, 11) is 0. The Labute approximate surface area is 208 Å². The maximum Gasteiger partial charge on any atom is 0.422 e. The molecule has 6 heteroatoms. The van der Waals surface area contributed by atoms with E-state index in [4.69, 9.17) is 0 Å². The van der Waals surface area contributed by atoms with E-state index in [-0.39, 0.29) is 18.4 Å². The van der Waals surface area contributed by atoms with E-state index in [1.807, 2.05) is 25.1 Å². The highest BCUT2D eigenvalue weighted by Gasteiger charge is 2.37. The van der Waals surface area contributed by atoms with E-state index < -0.39 is 29.2 Å². The number of benzene rings is 3. The third-order valence-electron chi connectivity index (χ3n) is 7.42. The van der Waals surface area contributed by atoms with Crippen LogP contribution in [0.5, 0.6) is 0 Å². The average molecular weight is 505 g/mol. The average Bonchev–Trinajstić information content (AvgIpc) is 2.83. The summed E-state index contributed by atoms with van der Waals surface area (Å²) in [6.07, 6.45) is 6.38. The standard InChI is InChI=1S/C30H30F6/c1-2-3-4-5-19-6-9-21(10-7-19)23-14-15-25-24(18-23)13-12-22(29(25)33)11-8-20-16-26(31)28(27(32)17-20)30(34,35)36/h2-3,12-19,21H,4-11H2,1H3/b3-2+. The predicted molar refractivity (Wildman–Crippen MR) is 131 cm³/mol. The largest absolute Gasteiger partial charge is 0.422 e. The van der Waals surface area contributed by atoms with Gasteiger partial charge >= 0.3 is 6.18 Å². The van der Waals surface area contributed by atoms with Crippen molar-refractivity contribution >= 4 is 10.8 Å². The fourth-order valence-electron chi connectivity index (χ4n) is 5.41. The highest BCUT2D eigenvalue weighted by atomic mass is 19.4. The minimum Gasteiger partial charge on any atom is -0.206 e. The molecule has 1 saturated carbocycles. The molecule has 0 amide bonds. The molecule has 0 aromatic heterocycles. The van der Waals surface area contributed by atoms with Crippen LogP contribution in [0, 0.1) is 23.4 Å². The van der Waals surface area contributed by atoms with Crippen molar-refractivity contribution in [3.63, 3.8) is 0 Å². The molecule has 0 radical (unpaired) electrons. The van der Waals surface area contributed by atoms with Crippen molar-refractivity contribution in [1.29, 1.82) is 0 Å². The summed E-state index contributed by atoms with van der Waals surface area (Å²) in [5.74, 6) is -2.48. The van der Waals surface area contributed by atoms with E-state index in [1.165, 1.54) is 24.8 Å². The minimum atomic E-state index is -5.11. The first kappa shape index (κ1) is 26.3. The molecule has 1 aliphatic rings. The summed E-state index contributed by atoms with van der Waals surface area (Å²) in [5, 5.41) is 1.27. The van der Waals surface area contributed by atoms with Gasteiger partial charge in [-0.3, -0.25) is 0 Å². The lowest BCUT2D eigenvalue weighted by Crippen LogP contribution is -2.13. The van der Waals surface area contributed by atoms with Crippen LogP contribution in [-0.2, 0) is 19.0 Å². The molecule has 0 saturated heterocycles. The third kappa shape index (κ3) is 5.96. The van der Waals surface area contributed by atoms with E-state index in [1.54, 1.807) is 12.1 Å². The normalized spacial score (nSPS) is 18.9. The molecule has 0 nitrogen and oxygen atoms in total. The molecule has 1 fully saturated rings. The Morgan fingerprint density at radius 1 is 0.861 bits per heavy atom. The molecule has 0 N–H and O–H groups in total. The van der Waals surface area contributed by atoms with Gasteiger partial charge in [0.2, 0.25) is 0 Å². The summed E-state index contributed by atoms with van der Waals surface area (Å²) in [6, 6.07) is 10.7. The van der Waals surface area contributed by atoms with Crippen molar-refractivity contribution in [2.24, 2.45) is 5.92 Å². The molecule has 0 unspecified atom stereocenters. The smallest absolute Gasteiger partial charge is 0.206 e. The lowest BCUT2D eigenvalue weighted by atomic mass is 9.77. The molecule has 3 aromatic carbocycles. The van der Waals surface area contributed by atoms with Crippen LogP contribution in [0.3, 0.4) is 0 Å². The topological polar surface area (TPSA) is 0 Å². The maximum absolute atomic E-state index is 15.2. The SMILES string of the molecule is C/C=C/CCC1CCC(c2ccc3c(F)c(CCc4cc(F)c(C(F)(F)F)c(F)c4)ccc3c2)CC1. The zero-order valence-corrected chi connectivity index (χ0v) is 20.3. The van der Waals surface area contributed by atoms with Gasteiger partial charge in [-0.15, -0.1) is 0 Å². The zero-order valence-electron chi connectivity index (χ0n) is 20.3. The summed E-state index contributed by atoms with van der Waals surface area (Å²) in [5.41, 5.74) is -0.273. The third-order valence-corrected chi connectivity index (χ3v) is 7.42. The Morgan fingerprint density at radius 3 is 2.19 bits per heavy atom. The quantitative estimate of drug-likeness (QED) is 0.222. The molecule has 1 aliphatic carbocycles. The first-order valence-electron chi connectivity index (χ1n) is 12.5. The summed E-state index contributed by atoms with van der Waals surface area (Å²) >= 11 is 0. The van der Waals surface area contributed by atoms with Gasteiger partial charge in [0, 0.05) is 5.39 Å². The summed E-state index contributed by atoms with van der Waals surface area (Å²) in [4.78, 5) is 0. The Bertz CT molecular complexity index is 1210. The molecule has 36 heavy (non-hydrogen) atoms. The summed E-state index contributed by atoms with van der Waals surface area (Å²) in [6.45, 7) is 2.05. The van der Waals surface area contributed by atoms with Crippen molar-refractivity contribution in [1.82, 2.24) is 0 Å². The maximum atomic E-state index is 15.2. The van der Waals surface area contributed by atoms with Crippen molar-refractivity contribution < 1.29 is 26.3 Å². The monoisotopic (exact) mass is 504 g/mol. The van der Waals surface area contributed by atoms with Gasteiger partial charge < -0.3 is 0 Å². The lowest BCUT2D eigenvalue weighted by molar-refractivity contribution is -0.142. The van der Waals surface area contributed by atoms with Crippen molar-refractivity contribution in [2.45, 2.75) is 70.4 Å². The molecule has 3 aromatic rings. The van der Waals surface area contributed by atoms with Crippen molar-refractivity contribution in [2.75, 3.05) is 0 Å². The van der Waals surface area contributed by atoms with Gasteiger partial charge in [-0.1, -0.05) is 42.5 Å². The molecule has 0 heterocycles. The van der Waals surface area contributed by atoms with Gasteiger partial charge in [-0.2, -0.15) is 13.2 Å². The van der Waals surface area contributed by atoms with E-state index >= 15 is 4.39 Å². The Hall–Kier alpha value is -2.76. The van der Waals surface area contributed by atoms with Crippen LogP contribution in [0.4, 0.5) is 26.3 Å². The molecule has 192 valence electrons. The van der Waals surface area contributed by atoms with E-state index in [0.717, 1.165) is 30.6 Å². The second-order valence-electron chi connectivity index (χ2n) is 9.82. The number of rotatable bonds is 7. The van der Waals surface area contributed by atoms with Gasteiger partial charge in [0.15, 0.2) is 0 Å². The number of hydrogen-bond acceptors (Lipinski definition) is 0. The Kier molecular flexibility index (Phi) is 8.11. The number of allylic oxidation sites excluding steroid dienone is 2. The molecular weight excluding hydrogens is 474 g/mol. The van der Waals surface area contributed by atoms with Crippen LogP contribution in [-0.4, -0.2) is 0 Å². The lowest BCUT2D eigenvalue weighted by Gasteiger charge is -2.29. The van der Waals surface area contributed by atoms with Gasteiger partial charge in [0.05, 0.1) is 0 Å². The number of hydrogen-bond donors (Lipinski definition) is 0. The molecule has 0 bridgehead atoms. The number of halogens is 6. The predicted octanol–water partition coefficient (Wildman–Crippen LogP) is 9.69. The second-order valence-corrected chi connectivity index (χ2v) is 9.82. The second kappa shape index (κ2) is 11.1. The van der Waals surface area contributed by atoms with Gasteiger partial charge in [0.25, 0.3) is 0 Å². The van der Waals surface area contributed by atoms with E-state index in [0.29, 0.717) is 29.0 Å². The van der Waals surface area contributed by atoms with Crippen LogP contribution in [0.2, 0.25) is 0 Å². The van der Waals surface area contributed by atoms with E-state index in [2.05, 4.69) is 12.2 Å². The van der Waals surface area contributed by atoms with Crippen molar-refractivity contribution in [3.05, 3.63) is 94.3 Å². The van der Waals surface area contributed by atoms with Crippen LogP contribution in [0.15, 0.2) is 54.6 Å². The minimum absolute atomic E-state index is 0.0176. The molecule has 4 rings (SSSR count). The van der Waals surface area contributed by atoms with E-state index in [9.17, 15) is 22.0 Å². The Morgan fingerprint density at radius 2 is 1.56 bits per heavy atom. The fraction of sp³-hybridized carbons (Fsp3) is 0.400.